The molecule has 1 aromatic carbocycles. The molecule has 0 radical (unpaired) electrons. The van der Waals surface area contributed by atoms with E-state index in [1.54, 1.807) is 0 Å². The van der Waals surface area contributed by atoms with E-state index in [1.807, 2.05) is 26.8 Å². The molecular formula is C15H24N2O. The molecule has 18 heavy (non-hydrogen) atoms. The first kappa shape index (κ1) is 14.7. The number of amides is 1. The third-order valence-corrected chi connectivity index (χ3v) is 2.76. The molecule has 1 atom stereocenters. The van der Waals surface area contributed by atoms with Crippen LogP contribution in [0.5, 0.6) is 0 Å². The second-order valence-corrected chi connectivity index (χ2v) is 4.93. The fourth-order valence-electron chi connectivity index (χ4n) is 1.76. The number of nitrogens with one attached hydrogen (secondary N) is 2. The van der Waals surface area contributed by atoms with Crippen LogP contribution in [0.4, 0.5) is 0 Å². The van der Waals surface area contributed by atoms with Gasteiger partial charge >= 0.3 is 0 Å². The standard InChI is InChI=1S/C15H24N2O/c1-12(2)17-15(18)13(3)16-11-7-10-14-8-5-4-6-9-14/h4-6,8-9,12-13,16H,7,10-11H2,1-3H3,(H,17,18). The number of hydrogen-bond donors (Lipinski definition) is 2. The van der Waals surface area contributed by atoms with Crippen LogP contribution in [-0.4, -0.2) is 24.5 Å². The number of rotatable bonds is 7. The molecule has 1 unspecified atom stereocenters. The largest absolute Gasteiger partial charge is 0.353 e. The van der Waals surface area contributed by atoms with Crippen molar-refractivity contribution in [3.63, 3.8) is 0 Å². The van der Waals surface area contributed by atoms with Crippen molar-refractivity contribution >= 4 is 5.91 Å². The summed E-state index contributed by atoms with van der Waals surface area (Å²) in [6.07, 6.45) is 2.09. The van der Waals surface area contributed by atoms with Crippen LogP contribution < -0.4 is 10.6 Å². The van der Waals surface area contributed by atoms with Crippen molar-refractivity contribution in [2.24, 2.45) is 0 Å². The fraction of sp³-hybridized carbons (Fsp3) is 0.533. The fourth-order valence-corrected chi connectivity index (χ4v) is 1.76. The molecule has 0 saturated heterocycles. The van der Waals surface area contributed by atoms with Crippen molar-refractivity contribution in [1.82, 2.24) is 10.6 Å². The zero-order valence-electron chi connectivity index (χ0n) is 11.6. The van der Waals surface area contributed by atoms with Crippen LogP contribution in [0.3, 0.4) is 0 Å². The van der Waals surface area contributed by atoms with Gasteiger partial charge in [0.1, 0.15) is 0 Å². The van der Waals surface area contributed by atoms with Crippen molar-refractivity contribution in [3.8, 4) is 0 Å². The van der Waals surface area contributed by atoms with E-state index in [-0.39, 0.29) is 18.0 Å². The van der Waals surface area contributed by atoms with E-state index in [0.717, 1.165) is 19.4 Å². The van der Waals surface area contributed by atoms with Gasteiger partial charge in [-0.25, -0.2) is 0 Å². The van der Waals surface area contributed by atoms with Crippen LogP contribution in [-0.2, 0) is 11.2 Å². The zero-order valence-corrected chi connectivity index (χ0v) is 11.6. The topological polar surface area (TPSA) is 41.1 Å². The van der Waals surface area contributed by atoms with Crippen molar-refractivity contribution in [3.05, 3.63) is 35.9 Å². The highest BCUT2D eigenvalue weighted by Crippen LogP contribution is 2.01. The van der Waals surface area contributed by atoms with E-state index >= 15 is 0 Å². The summed E-state index contributed by atoms with van der Waals surface area (Å²) in [6.45, 7) is 6.71. The van der Waals surface area contributed by atoms with Gasteiger partial charge in [-0.1, -0.05) is 30.3 Å². The Hall–Kier alpha value is -1.35. The number of aryl methyl sites for hydroxylation is 1. The lowest BCUT2D eigenvalue weighted by Gasteiger charge is -2.15. The predicted octanol–water partition coefficient (Wildman–Crippen LogP) is 2.12. The van der Waals surface area contributed by atoms with Crippen LogP contribution in [0.2, 0.25) is 0 Å². The summed E-state index contributed by atoms with van der Waals surface area (Å²) >= 11 is 0. The van der Waals surface area contributed by atoms with E-state index in [2.05, 4.69) is 34.9 Å². The third-order valence-electron chi connectivity index (χ3n) is 2.76. The molecule has 0 saturated carbocycles. The van der Waals surface area contributed by atoms with E-state index in [1.165, 1.54) is 5.56 Å². The Bertz CT molecular complexity index is 349. The second kappa shape index (κ2) is 7.88. The van der Waals surface area contributed by atoms with Crippen molar-refractivity contribution in [2.45, 2.75) is 45.7 Å². The summed E-state index contributed by atoms with van der Waals surface area (Å²) in [6, 6.07) is 10.5. The molecule has 0 aliphatic rings. The molecular weight excluding hydrogens is 224 g/mol. The van der Waals surface area contributed by atoms with Gasteiger partial charge in [-0.2, -0.15) is 0 Å². The quantitative estimate of drug-likeness (QED) is 0.726. The van der Waals surface area contributed by atoms with Crippen molar-refractivity contribution < 1.29 is 4.79 Å². The summed E-state index contributed by atoms with van der Waals surface area (Å²) in [5, 5.41) is 6.15. The Kier molecular flexibility index (Phi) is 6.44. The normalized spacial score (nSPS) is 12.4. The summed E-state index contributed by atoms with van der Waals surface area (Å²) < 4.78 is 0. The average Bonchev–Trinajstić information content (AvgIpc) is 2.34. The minimum absolute atomic E-state index is 0.0738. The van der Waals surface area contributed by atoms with E-state index in [4.69, 9.17) is 0 Å². The summed E-state index contributed by atoms with van der Waals surface area (Å²) in [5.41, 5.74) is 1.35. The van der Waals surface area contributed by atoms with Gasteiger partial charge in [-0.05, 0) is 45.7 Å². The summed E-state index contributed by atoms with van der Waals surface area (Å²) in [4.78, 5) is 11.6. The number of hydrogen-bond acceptors (Lipinski definition) is 2. The SMILES string of the molecule is CC(C)NC(=O)C(C)NCCCc1ccccc1. The molecule has 0 aliphatic heterocycles. The molecule has 0 aliphatic carbocycles. The zero-order chi connectivity index (χ0) is 13.4. The van der Waals surface area contributed by atoms with Gasteiger partial charge in [0.15, 0.2) is 0 Å². The molecule has 3 nitrogen and oxygen atoms in total. The van der Waals surface area contributed by atoms with Gasteiger partial charge in [0.05, 0.1) is 6.04 Å². The number of benzene rings is 1. The van der Waals surface area contributed by atoms with Gasteiger partial charge < -0.3 is 10.6 Å². The van der Waals surface area contributed by atoms with Crippen molar-refractivity contribution in [2.75, 3.05) is 6.54 Å². The van der Waals surface area contributed by atoms with Crippen LogP contribution in [0.1, 0.15) is 32.8 Å². The lowest BCUT2D eigenvalue weighted by Crippen LogP contribution is -2.44. The number of carbonyl (C=O) groups excluding carboxylic acids is 1. The van der Waals surface area contributed by atoms with Crippen LogP contribution >= 0.6 is 0 Å². The highest BCUT2D eigenvalue weighted by Gasteiger charge is 2.11. The van der Waals surface area contributed by atoms with Gasteiger partial charge in [-0.3, -0.25) is 4.79 Å². The smallest absolute Gasteiger partial charge is 0.237 e. The molecule has 0 heterocycles. The molecule has 0 bridgehead atoms. The Morgan fingerprint density at radius 3 is 2.44 bits per heavy atom. The Morgan fingerprint density at radius 2 is 1.83 bits per heavy atom. The summed E-state index contributed by atoms with van der Waals surface area (Å²) in [7, 11) is 0. The molecule has 1 rings (SSSR count). The van der Waals surface area contributed by atoms with Crippen LogP contribution in [0, 0.1) is 0 Å². The minimum atomic E-state index is -0.122. The molecule has 2 N–H and O–H groups in total. The first-order valence-electron chi connectivity index (χ1n) is 6.67. The molecule has 1 aromatic rings. The monoisotopic (exact) mass is 248 g/mol. The second-order valence-electron chi connectivity index (χ2n) is 4.93. The Morgan fingerprint density at radius 1 is 1.17 bits per heavy atom. The molecule has 0 aromatic heterocycles. The lowest BCUT2D eigenvalue weighted by atomic mass is 10.1. The van der Waals surface area contributed by atoms with Gasteiger partial charge in [-0.15, -0.1) is 0 Å². The van der Waals surface area contributed by atoms with Crippen LogP contribution in [0.15, 0.2) is 30.3 Å². The summed E-state index contributed by atoms with van der Waals surface area (Å²) in [5.74, 6) is 0.0738. The van der Waals surface area contributed by atoms with Gasteiger partial charge in [0.25, 0.3) is 0 Å². The predicted molar refractivity (Wildman–Crippen MR) is 75.5 cm³/mol. The first-order valence-corrected chi connectivity index (χ1v) is 6.67. The lowest BCUT2D eigenvalue weighted by molar-refractivity contribution is -0.123. The highest BCUT2D eigenvalue weighted by molar-refractivity contribution is 5.81. The maximum Gasteiger partial charge on any atom is 0.237 e. The molecule has 0 fully saturated rings. The Labute approximate surface area is 110 Å². The number of carbonyl (C=O) groups is 1. The minimum Gasteiger partial charge on any atom is -0.353 e. The van der Waals surface area contributed by atoms with E-state index < -0.39 is 0 Å². The van der Waals surface area contributed by atoms with Gasteiger partial charge in [0, 0.05) is 6.04 Å². The molecule has 0 spiro atoms. The molecule has 100 valence electrons. The van der Waals surface area contributed by atoms with Gasteiger partial charge in [0.2, 0.25) is 5.91 Å². The van der Waals surface area contributed by atoms with Crippen LogP contribution in [0.25, 0.3) is 0 Å². The van der Waals surface area contributed by atoms with E-state index in [0.29, 0.717) is 0 Å². The first-order chi connectivity index (χ1) is 8.59. The van der Waals surface area contributed by atoms with E-state index in [9.17, 15) is 4.79 Å². The highest BCUT2D eigenvalue weighted by atomic mass is 16.2. The van der Waals surface area contributed by atoms with Crippen molar-refractivity contribution in [1.29, 1.82) is 0 Å². The Balaban J connectivity index is 2.16. The molecule has 1 amide bonds. The average molecular weight is 248 g/mol. The third kappa shape index (κ3) is 5.82. The maximum atomic E-state index is 11.6. The maximum absolute atomic E-state index is 11.6. The molecule has 3 heteroatoms.